The van der Waals surface area contributed by atoms with Crippen molar-refractivity contribution in [1.29, 1.82) is 0 Å². The Hall–Kier alpha value is -2.71. The SMILES string of the molecule is CC1C[C@@H]2C[C@H](C1)N2C(=O)Nc1cc(-c2cncc(F)c2)c(C(F)(F)F)cn1. The Balaban J connectivity index is 1.62. The van der Waals surface area contributed by atoms with Crippen molar-refractivity contribution >= 4 is 11.8 Å². The van der Waals surface area contributed by atoms with Crippen molar-refractivity contribution in [3.05, 3.63) is 42.1 Å². The van der Waals surface area contributed by atoms with Gasteiger partial charge >= 0.3 is 12.2 Å². The van der Waals surface area contributed by atoms with Crippen LogP contribution in [0.2, 0.25) is 0 Å². The van der Waals surface area contributed by atoms with Gasteiger partial charge in [0.15, 0.2) is 0 Å². The molecule has 9 heteroatoms. The Bertz CT molecular complexity index is 905. The number of amides is 2. The number of piperidine rings is 1. The molecule has 2 amide bonds. The molecule has 3 aliphatic rings. The molecule has 4 heterocycles. The lowest BCUT2D eigenvalue weighted by atomic mass is 9.74. The van der Waals surface area contributed by atoms with Gasteiger partial charge in [-0.1, -0.05) is 6.92 Å². The average Bonchev–Trinajstić information content (AvgIpc) is 2.60. The summed E-state index contributed by atoms with van der Waals surface area (Å²) in [6.07, 6.45) is 0.814. The monoisotopic (exact) mass is 394 g/mol. The van der Waals surface area contributed by atoms with E-state index in [-0.39, 0.29) is 35.1 Å². The molecule has 3 atom stereocenters. The highest BCUT2D eigenvalue weighted by Gasteiger charge is 2.46. The maximum absolute atomic E-state index is 13.5. The molecule has 2 aromatic heterocycles. The molecule has 3 fully saturated rings. The summed E-state index contributed by atoms with van der Waals surface area (Å²) in [5.41, 5.74) is -1.35. The molecular weight excluding hydrogens is 376 g/mol. The van der Waals surface area contributed by atoms with Crippen LogP contribution in [0.1, 0.15) is 31.7 Å². The molecule has 0 aromatic carbocycles. The smallest absolute Gasteiger partial charge is 0.318 e. The quantitative estimate of drug-likeness (QED) is 0.751. The second-order valence-electron chi connectivity index (χ2n) is 7.46. The van der Waals surface area contributed by atoms with Gasteiger partial charge in [0, 0.05) is 35.6 Å². The number of aromatic nitrogens is 2. The zero-order chi connectivity index (χ0) is 20.1. The minimum atomic E-state index is -4.68. The van der Waals surface area contributed by atoms with E-state index in [1.165, 1.54) is 0 Å². The minimum absolute atomic E-state index is 0.0183. The molecule has 28 heavy (non-hydrogen) atoms. The van der Waals surface area contributed by atoms with Gasteiger partial charge in [-0.3, -0.25) is 10.3 Å². The number of rotatable bonds is 2. The first kappa shape index (κ1) is 18.6. The van der Waals surface area contributed by atoms with Crippen molar-refractivity contribution in [2.24, 2.45) is 5.92 Å². The number of carbonyl (C=O) groups is 1. The van der Waals surface area contributed by atoms with E-state index in [1.807, 2.05) is 0 Å². The van der Waals surface area contributed by atoms with Gasteiger partial charge in [0.05, 0.1) is 11.8 Å². The zero-order valence-electron chi connectivity index (χ0n) is 15.0. The molecule has 1 saturated carbocycles. The van der Waals surface area contributed by atoms with Crippen molar-refractivity contribution in [1.82, 2.24) is 14.9 Å². The summed E-state index contributed by atoms with van der Waals surface area (Å²) < 4.78 is 53.6. The molecule has 0 spiro atoms. The van der Waals surface area contributed by atoms with E-state index in [9.17, 15) is 22.4 Å². The van der Waals surface area contributed by atoms with E-state index in [0.29, 0.717) is 12.1 Å². The molecule has 1 N–H and O–H groups in total. The van der Waals surface area contributed by atoms with Crippen LogP contribution in [0, 0.1) is 11.7 Å². The lowest BCUT2D eigenvalue weighted by Gasteiger charge is -2.54. The summed E-state index contributed by atoms with van der Waals surface area (Å²) in [5.74, 6) is -0.213. The number of hydrogen-bond donors (Lipinski definition) is 1. The predicted molar refractivity (Wildman–Crippen MR) is 93.9 cm³/mol. The Labute approximate surface area is 158 Å². The summed E-state index contributed by atoms with van der Waals surface area (Å²) in [5, 5.41) is 2.59. The third kappa shape index (κ3) is 3.41. The summed E-state index contributed by atoms with van der Waals surface area (Å²) in [7, 11) is 0. The van der Waals surface area contributed by atoms with Gasteiger partial charge in [-0.2, -0.15) is 13.2 Å². The van der Waals surface area contributed by atoms with E-state index >= 15 is 0 Å². The van der Waals surface area contributed by atoms with Crippen molar-refractivity contribution in [3.8, 4) is 11.1 Å². The molecule has 0 radical (unpaired) electrons. The number of carbonyl (C=O) groups excluding carboxylic acids is 1. The first-order valence-electron chi connectivity index (χ1n) is 9.00. The Morgan fingerprint density at radius 3 is 2.50 bits per heavy atom. The number of pyridine rings is 2. The third-order valence-electron chi connectivity index (χ3n) is 5.37. The highest BCUT2D eigenvalue weighted by molar-refractivity contribution is 5.90. The second kappa shape index (κ2) is 6.72. The number of anilines is 1. The van der Waals surface area contributed by atoms with Crippen LogP contribution in [0.15, 0.2) is 30.7 Å². The average molecular weight is 394 g/mol. The minimum Gasteiger partial charge on any atom is -0.318 e. The van der Waals surface area contributed by atoms with Crippen LogP contribution in [0.4, 0.5) is 28.2 Å². The van der Waals surface area contributed by atoms with Crippen LogP contribution in [-0.2, 0) is 6.18 Å². The number of urea groups is 1. The van der Waals surface area contributed by atoms with Crippen LogP contribution in [0.5, 0.6) is 0 Å². The van der Waals surface area contributed by atoms with Crippen LogP contribution in [0.25, 0.3) is 11.1 Å². The molecule has 1 unspecified atom stereocenters. The number of halogens is 4. The van der Waals surface area contributed by atoms with E-state index in [1.54, 1.807) is 4.90 Å². The van der Waals surface area contributed by atoms with Crippen LogP contribution in [-0.4, -0.2) is 33.0 Å². The third-order valence-corrected chi connectivity index (χ3v) is 5.37. The van der Waals surface area contributed by atoms with E-state index < -0.39 is 17.6 Å². The Kier molecular flexibility index (Phi) is 4.47. The topological polar surface area (TPSA) is 58.1 Å². The number of hydrogen-bond acceptors (Lipinski definition) is 3. The van der Waals surface area contributed by atoms with E-state index in [2.05, 4.69) is 22.2 Å². The Morgan fingerprint density at radius 1 is 1.14 bits per heavy atom. The molecule has 2 saturated heterocycles. The van der Waals surface area contributed by atoms with Gasteiger partial charge in [-0.15, -0.1) is 0 Å². The Morgan fingerprint density at radius 2 is 1.86 bits per heavy atom. The fourth-order valence-corrected chi connectivity index (χ4v) is 4.20. The van der Waals surface area contributed by atoms with Crippen LogP contribution >= 0.6 is 0 Å². The molecule has 2 aliphatic heterocycles. The van der Waals surface area contributed by atoms with E-state index in [4.69, 9.17) is 0 Å². The molecule has 148 valence electrons. The maximum Gasteiger partial charge on any atom is 0.418 e. The van der Waals surface area contributed by atoms with Gasteiger partial charge < -0.3 is 4.90 Å². The summed E-state index contributed by atoms with van der Waals surface area (Å²) in [6.45, 7) is 2.14. The molecule has 5 rings (SSSR count). The largest absolute Gasteiger partial charge is 0.418 e. The molecule has 5 nitrogen and oxygen atoms in total. The van der Waals surface area contributed by atoms with Crippen molar-refractivity contribution in [2.45, 2.75) is 44.4 Å². The summed E-state index contributed by atoms with van der Waals surface area (Å²) in [6, 6.07) is 2.02. The molecule has 1 aliphatic carbocycles. The highest BCUT2D eigenvalue weighted by atomic mass is 19.4. The summed E-state index contributed by atoms with van der Waals surface area (Å²) >= 11 is 0. The zero-order valence-corrected chi connectivity index (χ0v) is 15.0. The number of nitrogens with zero attached hydrogens (tertiary/aromatic N) is 3. The van der Waals surface area contributed by atoms with Gasteiger partial charge in [0.1, 0.15) is 11.6 Å². The molecule has 2 bridgehead atoms. The normalized spacial score (nSPS) is 23.9. The van der Waals surface area contributed by atoms with Gasteiger partial charge in [-0.05, 0) is 37.3 Å². The summed E-state index contributed by atoms with van der Waals surface area (Å²) in [4.78, 5) is 21.7. The molecular formula is C19H18F4N4O. The maximum atomic E-state index is 13.5. The van der Waals surface area contributed by atoms with Crippen LogP contribution in [0.3, 0.4) is 0 Å². The lowest BCUT2D eigenvalue weighted by Crippen LogP contribution is -2.63. The second-order valence-corrected chi connectivity index (χ2v) is 7.46. The highest BCUT2D eigenvalue weighted by Crippen LogP contribution is 2.42. The van der Waals surface area contributed by atoms with E-state index in [0.717, 1.165) is 43.8 Å². The van der Waals surface area contributed by atoms with Gasteiger partial charge in [-0.25, -0.2) is 14.2 Å². The fourth-order valence-electron chi connectivity index (χ4n) is 4.20. The predicted octanol–water partition coefficient (Wildman–Crippen LogP) is 4.71. The number of nitrogens with one attached hydrogen (secondary N) is 1. The first-order chi connectivity index (χ1) is 13.2. The van der Waals surface area contributed by atoms with Crippen molar-refractivity contribution in [2.75, 3.05) is 5.32 Å². The van der Waals surface area contributed by atoms with Crippen LogP contribution < -0.4 is 5.32 Å². The fraction of sp³-hybridized carbons (Fsp3) is 0.421. The lowest BCUT2D eigenvalue weighted by molar-refractivity contribution is -0.137. The number of alkyl halides is 3. The first-order valence-corrected chi connectivity index (χ1v) is 9.00. The van der Waals surface area contributed by atoms with Gasteiger partial charge in [0.25, 0.3) is 0 Å². The molecule has 2 aromatic rings. The van der Waals surface area contributed by atoms with Crippen molar-refractivity contribution in [3.63, 3.8) is 0 Å². The number of fused-ring (bicyclic) bond motifs is 2. The standard InChI is InChI=1S/C19H18F4N4O/c1-10-2-13-5-14(3-10)27(13)18(28)26-17-6-15(11-4-12(20)8-24-7-11)16(9-25-17)19(21,22)23/h4,6-10,13-14H,2-3,5H2,1H3,(H,25,26,28)/t10?,13-,14+. The van der Waals surface area contributed by atoms with Crippen molar-refractivity contribution < 1.29 is 22.4 Å². The van der Waals surface area contributed by atoms with Gasteiger partial charge in [0.2, 0.25) is 0 Å².